The van der Waals surface area contributed by atoms with Crippen molar-refractivity contribution >= 4 is 5.69 Å². The van der Waals surface area contributed by atoms with E-state index in [1.54, 1.807) is 6.07 Å². The van der Waals surface area contributed by atoms with Gasteiger partial charge in [-0.05, 0) is 43.3 Å². The second kappa shape index (κ2) is 6.04. The Kier molecular flexibility index (Phi) is 5.08. The van der Waals surface area contributed by atoms with Gasteiger partial charge in [0.2, 0.25) is 0 Å². The molecule has 1 N–H and O–H groups in total. The molecule has 0 radical (unpaired) electrons. The zero-order chi connectivity index (χ0) is 15.6. The molecule has 0 saturated carbocycles. The smallest absolute Gasteiger partial charge is 0.384 e. The fourth-order valence-electron chi connectivity index (χ4n) is 1.75. The first-order valence-electron chi connectivity index (χ1n) is 6.61. The molecule has 20 heavy (non-hydrogen) atoms. The highest BCUT2D eigenvalue weighted by molar-refractivity contribution is 5.51. The van der Waals surface area contributed by atoms with Gasteiger partial charge in [0.1, 0.15) is 0 Å². The summed E-state index contributed by atoms with van der Waals surface area (Å²) >= 11 is 0. The quantitative estimate of drug-likeness (QED) is 0.901. The van der Waals surface area contributed by atoms with Crippen LogP contribution in [0.5, 0.6) is 0 Å². The Balaban J connectivity index is 3.05. The minimum absolute atomic E-state index is 0.320. The minimum atomic E-state index is -4.32. The molecule has 1 aromatic carbocycles. The zero-order valence-corrected chi connectivity index (χ0v) is 12.7. The van der Waals surface area contributed by atoms with Crippen LogP contribution in [0.3, 0.4) is 0 Å². The number of rotatable bonds is 4. The number of nitrogens with one attached hydrogen (secondary N) is 1. The highest BCUT2D eigenvalue weighted by atomic mass is 19.4. The summed E-state index contributed by atoms with van der Waals surface area (Å²) in [6.45, 7) is 7.10. The van der Waals surface area contributed by atoms with Gasteiger partial charge in [-0.15, -0.1) is 0 Å². The maximum absolute atomic E-state index is 13.0. The zero-order valence-electron chi connectivity index (χ0n) is 12.7. The summed E-state index contributed by atoms with van der Waals surface area (Å²) in [4.78, 5) is 1.98. The van der Waals surface area contributed by atoms with Crippen molar-refractivity contribution in [1.82, 2.24) is 4.90 Å². The molecule has 0 aliphatic carbocycles. The van der Waals surface area contributed by atoms with Crippen LogP contribution in [0.25, 0.3) is 0 Å². The third-order valence-electron chi connectivity index (χ3n) is 3.01. The van der Waals surface area contributed by atoms with Gasteiger partial charge in [0.25, 0.3) is 0 Å². The number of nitrogens with zero attached hydrogens (tertiary/aromatic N) is 1. The van der Waals surface area contributed by atoms with Crippen LogP contribution < -0.4 is 5.32 Å². The van der Waals surface area contributed by atoms with Gasteiger partial charge in [-0.2, -0.15) is 13.2 Å². The van der Waals surface area contributed by atoms with Crippen molar-refractivity contribution < 1.29 is 13.2 Å². The predicted molar refractivity (Wildman–Crippen MR) is 77.2 cm³/mol. The number of anilines is 1. The number of hydrogen-bond acceptors (Lipinski definition) is 2. The fraction of sp³-hybridized carbons (Fsp3) is 0.600. The van der Waals surface area contributed by atoms with E-state index in [1.165, 1.54) is 12.1 Å². The summed E-state index contributed by atoms with van der Waals surface area (Å²) in [5, 5.41) is 3.06. The van der Waals surface area contributed by atoms with Gasteiger partial charge in [0.15, 0.2) is 0 Å². The van der Waals surface area contributed by atoms with Crippen molar-refractivity contribution in [3.05, 3.63) is 29.3 Å². The molecular weight excluding hydrogens is 265 g/mol. The van der Waals surface area contributed by atoms with Crippen LogP contribution in [0.2, 0.25) is 0 Å². The summed E-state index contributed by atoms with van der Waals surface area (Å²) < 4.78 is 38.9. The first-order valence-corrected chi connectivity index (χ1v) is 6.61. The molecule has 0 amide bonds. The van der Waals surface area contributed by atoms with Gasteiger partial charge in [-0.25, -0.2) is 0 Å². The Hall–Kier alpha value is -1.23. The number of halogens is 3. The molecule has 2 nitrogen and oxygen atoms in total. The van der Waals surface area contributed by atoms with Crippen LogP contribution in [0.1, 0.15) is 31.9 Å². The second-order valence-electron chi connectivity index (χ2n) is 6.28. The van der Waals surface area contributed by atoms with Gasteiger partial charge >= 0.3 is 6.18 Å². The van der Waals surface area contributed by atoms with Crippen LogP contribution in [-0.4, -0.2) is 32.1 Å². The third-order valence-corrected chi connectivity index (χ3v) is 3.01. The molecule has 0 heterocycles. The second-order valence-corrected chi connectivity index (χ2v) is 6.28. The average Bonchev–Trinajstić information content (AvgIpc) is 2.25. The van der Waals surface area contributed by atoms with E-state index in [-0.39, 0.29) is 5.41 Å². The number of benzene rings is 1. The highest BCUT2D eigenvalue weighted by Gasteiger charge is 2.32. The molecule has 0 fully saturated rings. The number of likely N-dealkylation sites (N-methyl/N-ethyl adjacent to an activating group) is 1. The Bertz CT molecular complexity index is 413. The first kappa shape index (κ1) is 16.8. The van der Waals surface area contributed by atoms with Crippen LogP contribution in [0.4, 0.5) is 18.9 Å². The molecule has 0 aliphatic rings. The van der Waals surface area contributed by atoms with Gasteiger partial charge in [-0.3, -0.25) is 0 Å². The van der Waals surface area contributed by atoms with E-state index >= 15 is 0 Å². The van der Waals surface area contributed by atoms with Crippen molar-refractivity contribution in [2.24, 2.45) is 0 Å². The number of alkyl halides is 3. The monoisotopic (exact) mass is 288 g/mol. The Morgan fingerprint density at radius 1 is 1.00 bits per heavy atom. The van der Waals surface area contributed by atoms with Crippen molar-refractivity contribution in [2.75, 3.05) is 32.5 Å². The molecule has 114 valence electrons. The largest absolute Gasteiger partial charge is 0.416 e. The lowest BCUT2D eigenvalue weighted by Crippen LogP contribution is -2.21. The molecule has 0 aliphatic heterocycles. The van der Waals surface area contributed by atoms with Gasteiger partial charge < -0.3 is 10.2 Å². The Morgan fingerprint density at radius 3 is 2.00 bits per heavy atom. The molecule has 5 heteroatoms. The fourth-order valence-corrected chi connectivity index (χ4v) is 1.75. The summed E-state index contributed by atoms with van der Waals surface area (Å²) in [5.74, 6) is 0. The van der Waals surface area contributed by atoms with Gasteiger partial charge in [-0.1, -0.05) is 20.8 Å². The lowest BCUT2D eigenvalue weighted by molar-refractivity contribution is -0.137. The molecule has 0 unspecified atom stereocenters. The van der Waals surface area contributed by atoms with Crippen LogP contribution >= 0.6 is 0 Å². The van der Waals surface area contributed by atoms with E-state index in [2.05, 4.69) is 5.32 Å². The number of hydrogen-bond donors (Lipinski definition) is 1. The Labute approximate surface area is 119 Å². The lowest BCUT2D eigenvalue weighted by atomic mass is 9.85. The van der Waals surface area contributed by atoms with Crippen molar-refractivity contribution in [3.8, 4) is 0 Å². The lowest BCUT2D eigenvalue weighted by Gasteiger charge is -2.22. The van der Waals surface area contributed by atoms with E-state index in [9.17, 15) is 13.2 Å². The third kappa shape index (κ3) is 5.04. The van der Waals surface area contributed by atoms with Crippen LogP contribution in [0.15, 0.2) is 18.2 Å². The molecular formula is C15H23F3N2. The van der Waals surface area contributed by atoms with E-state index in [1.807, 2.05) is 39.8 Å². The van der Waals surface area contributed by atoms with Gasteiger partial charge in [0, 0.05) is 18.8 Å². The molecule has 1 aromatic rings. The van der Waals surface area contributed by atoms with Crippen LogP contribution in [0, 0.1) is 0 Å². The summed E-state index contributed by atoms with van der Waals surface area (Å²) in [5.41, 5.74) is 0.280. The Morgan fingerprint density at radius 2 is 1.55 bits per heavy atom. The van der Waals surface area contributed by atoms with E-state index in [0.29, 0.717) is 17.8 Å². The van der Waals surface area contributed by atoms with Crippen LogP contribution in [-0.2, 0) is 11.6 Å². The first-order chi connectivity index (χ1) is 9.00. The van der Waals surface area contributed by atoms with E-state index in [4.69, 9.17) is 0 Å². The topological polar surface area (TPSA) is 15.3 Å². The average molecular weight is 288 g/mol. The molecule has 0 bridgehead atoms. The SMILES string of the molecule is CN(C)CCNc1cc(C(C)(C)C)cc(C(F)(F)F)c1. The molecule has 1 rings (SSSR count). The van der Waals surface area contributed by atoms with E-state index < -0.39 is 11.7 Å². The minimum Gasteiger partial charge on any atom is -0.384 e. The predicted octanol–water partition coefficient (Wildman–Crippen LogP) is 3.98. The van der Waals surface area contributed by atoms with E-state index in [0.717, 1.165) is 6.54 Å². The molecule has 0 aromatic heterocycles. The molecule has 0 saturated heterocycles. The van der Waals surface area contributed by atoms with Crippen molar-refractivity contribution in [2.45, 2.75) is 32.4 Å². The molecule has 0 atom stereocenters. The highest BCUT2D eigenvalue weighted by Crippen LogP contribution is 2.35. The van der Waals surface area contributed by atoms with Gasteiger partial charge in [0.05, 0.1) is 5.56 Å². The molecule has 0 spiro atoms. The maximum Gasteiger partial charge on any atom is 0.416 e. The summed E-state index contributed by atoms with van der Waals surface area (Å²) in [6.07, 6.45) is -4.32. The maximum atomic E-state index is 13.0. The van der Waals surface area contributed by atoms with Crippen molar-refractivity contribution in [1.29, 1.82) is 0 Å². The normalized spacial score (nSPS) is 12.8. The van der Waals surface area contributed by atoms with Crippen molar-refractivity contribution in [3.63, 3.8) is 0 Å². The summed E-state index contributed by atoms with van der Waals surface area (Å²) in [7, 11) is 3.85. The standard InChI is InChI=1S/C15H23F3N2/c1-14(2,3)11-8-12(15(16,17)18)10-13(9-11)19-6-7-20(4)5/h8-10,19H,6-7H2,1-5H3. The summed E-state index contributed by atoms with van der Waals surface area (Å²) in [6, 6.07) is 4.20.